The summed E-state index contributed by atoms with van der Waals surface area (Å²) in [5.74, 6) is 0.992. The zero-order valence-electron chi connectivity index (χ0n) is 14.3. The Balaban J connectivity index is 1.73. The molecular formula is C17H25N5O. The van der Waals surface area contributed by atoms with Gasteiger partial charge in [0.05, 0.1) is 28.8 Å². The summed E-state index contributed by atoms with van der Waals surface area (Å²) in [6.07, 6.45) is 6.87. The second-order valence-electron chi connectivity index (χ2n) is 6.88. The Labute approximate surface area is 136 Å². The van der Waals surface area contributed by atoms with E-state index in [1.807, 2.05) is 24.9 Å². The third kappa shape index (κ3) is 3.46. The van der Waals surface area contributed by atoms with Crippen molar-refractivity contribution in [2.24, 2.45) is 13.0 Å². The number of nitrogens with one attached hydrogen (secondary N) is 1. The predicted octanol–water partition coefficient (Wildman–Crippen LogP) is 3.10. The molecule has 124 valence electrons. The first-order valence-electron chi connectivity index (χ1n) is 8.33. The van der Waals surface area contributed by atoms with Crippen LogP contribution < -0.4 is 5.32 Å². The Kier molecular flexibility index (Phi) is 4.24. The Morgan fingerprint density at radius 2 is 2.17 bits per heavy atom. The largest absolute Gasteiger partial charge is 0.319 e. The van der Waals surface area contributed by atoms with E-state index in [4.69, 9.17) is 0 Å². The fourth-order valence-corrected chi connectivity index (χ4v) is 2.70. The molecule has 0 unspecified atom stereocenters. The number of amides is 1. The minimum Gasteiger partial charge on any atom is -0.319 e. The highest BCUT2D eigenvalue weighted by molar-refractivity contribution is 6.05. The number of carbonyl (C=O) groups is 1. The fourth-order valence-electron chi connectivity index (χ4n) is 2.70. The number of carbonyl (C=O) groups excluding carboxylic acids is 1. The summed E-state index contributed by atoms with van der Waals surface area (Å²) in [5.41, 5.74) is 3.39. The van der Waals surface area contributed by atoms with Crippen molar-refractivity contribution < 1.29 is 4.79 Å². The smallest absolute Gasteiger partial charge is 0.259 e. The lowest BCUT2D eigenvalue weighted by molar-refractivity contribution is 0.102. The molecule has 2 heterocycles. The molecule has 1 aliphatic rings. The molecule has 2 aromatic rings. The molecule has 1 aliphatic carbocycles. The van der Waals surface area contributed by atoms with E-state index in [9.17, 15) is 4.79 Å². The van der Waals surface area contributed by atoms with Crippen molar-refractivity contribution in [3.8, 4) is 0 Å². The van der Waals surface area contributed by atoms with Gasteiger partial charge in [0.2, 0.25) is 0 Å². The van der Waals surface area contributed by atoms with Crippen molar-refractivity contribution in [3.05, 3.63) is 29.3 Å². The Bertz CT molecular complexity index is 709. The van der Waals surface area contributed by atoms with E-state index in [0.29, 0.717) is 17.4 Å². The minimum absolute atomic E-state index is 0.0912. The van der Waals surface area contributed by atoms with Crippen LogP contribution in [-0.2, 0) is 13.6 Å². The van der Waals surface area contributed by atoms with E-state index in [1.54, 1.807) is 10.9 Å². The Morgan fingerprint density at radius 1 is 1.43 bits per heavy atom. The summed E-state index contributed by atoms with van der Waals surface area (Å²) >= 11 is 0. The van der Waals surface area contributed by atoms with Crippen LogP contribution in [0, 0.1) is 12.8 Å². The SMILES string of the molecule is Cc1c(NC(=O)c2cn(C)nc2C2CC2)cnn1CCC(C)C. The molecule has 2 aromatic heterocycles. The molecule has 1 amide bonds. The van der Waals surface area contributed by atoms with Crippen LogP contribution in [0.1, 0.15) is 60.8 Å². The van der Waals surface area contributed by atoms with Crippen molar-refractivity contribution in [1.29, 1.82) is 0 Å². The Hall–Kier alpha value is -2.11. The first-order valence-corrected chi connectivity index (χ1v) is 8.33. The lowest BCUT2D eigenvalue weighted by Crippen LogP contribution is -2.14. The van der Waals surface area contributed by atoms with Gasteiger partial charge in [0, 0.05) is 25.7 Å². The zero-order chi connectivity index (χ0) is 16.6. The molecule has 6 nitrogen and oxygen atoms in total. The van der Waals surface area contributed by atoms with Crippen LogP contribution in [0.4, 0.5) is 5.69 Å². The number of hydrogen-bond donors (Lipinski definition) is 1. The van der Waals surface area contributed by atoms with Gasteiger partial charge in [-0.2, -0.15) is 10.2 Å². The van der Waals surface area contributed by atoms with Crippen LogP contribution >= 0.6 is 0 Å². The van der Waals surface area contributed by atoms with E-state index < -0.39 is 0 Å². The van der Waals surface area contributed by atoms with E-state index in [2.05, 4.69) is 29.4 Å². The molecule has 0 bridgehead atoms. The molecule has 0 saturated heterocycles. The molecular weight excluding hydrogens is 290 g/mol. The summed E-state index contributed by atoms with van der Waals surface area (Å²) in [6.45, 7) is 7.26. The van der Waals surface area contributed by atoms with Gasteiger partial charge >= 0.3 is 0 Å². The summed E-state index contributed by atoms with van der Waals surface area (Å²) in [7, 11) is 1.86. The topological polar surface area (TPSA) is 64.7 Å². The first-order chi connectivity index (χ1) is 11.0. The molecule has 1 saturated carbocycles. The number of aromatic nitrogens is 4. The van der Waals surface area contributed by atoms with Gasteiger partial charge in [-0.05, 0) is 32.1 Å². The molecule has 0 aliphatic heterocycles. The number of anilines is 1. The van der Waals surface area contributed by atoms with E-state index in [1.165, 1.54) is 0 Å². The maximum atomic E-state index is 12.6. The summed E-state index contributed by atoms with van der Waals surface area (Å²) in [5, 5.41) is 11.8. The Morgan fingerprint density at radius 3 is 2.83 bits per heavy atom. The quantitative estimate of drug-likeness (QED) is 0.891. The monoisotopic (exact) mass is 315 g/mol. The molecule has 0 radical (unpaired) electrons. The average Bonchev–Trinajstić information content (AvgIpc) is 3.18. The highest BCUT2D eigenvalue weighted by atomic mass is 16.1. The standard InChI is InChI=1S/C17H25N5O/c1-11(2)7-8-22-12(3)15(9-18-22)19-17(23)14-10-21(4)20-16(14)13-5-6-13/h9-11,13H,5-8H2,1-4H3,(H,19,23). The lowest BCUT2D eigenvalue weighted by atomic mass is 10.1. The average molecular weight is 315 g/mol. The number of rotatable bonds is 6. The molecule has 23 heavy (non-hydrogen) atoms. The van der Waals surface area contributed by atoms with Crippen LogP contribution in [0.5, 0.6) is 0 Å². The van der Waals surface area contributed by atoms with Crippen molar-refractivity contribution in [2.45, 2.75) is 52.5 Å². The van der Waals surface area contributed by atoms with Crippen molar-refractivity contribution in [2.75, 3.05) is 5.32 Å². The minimum atomic E-state index is -0.0912. The van der Waals surface area contributed by atoms with Gasteiger partial charge in [-0.1, -0.05) is 13.8 Å². The van der Waals surface area contributed by atoms with Crippen molar-refractivity contribution in [1.82, 2.24) is 19.6 Å². The van der Waals surface area contributed by atoms with Gasteiger partial charge in [-0.3, -0.25) is 14.2 Å². The third-order valence-electron chi connectivity index (χ3n) is 4.34. The fraction of sp³-hybridized carbons (Fsp3) is 0.588. The van der Waals surface area contributed by atoms with Crippen LogP contribution in [0.25, 0.3) is 0 Å². The lowest BCUT2D eigenvalue weighted by Gasteiger charge is -2.08. The molecule has 1 fully saturated rings. The van der Waals surface area contributed by atoms with Gasteiger partial charge in [-0.25, -0.2) is 0 Å². The highest BCUT2D eigenvalue weighted by Gasteiger charge is 2.31. The maximum absolute atomic E-state index is 12.6. The van der Waals surface area contributed by atoms with Crippen LogP contribution in [-0.4, -0.2) is 25.5 Å². The molecule has 0 atom stereocenters. The maximum Gasteiger partial charge on any atom is 0.259 e. The predicted molar refractivity (Wildman–Crippen MR) is 89.6 cm³/mol. The number of nitrogens with zero attached hydrogens (tertiary/aromatic N) is 4. The summed E-state index contributed by atoms with van der Waals surface area (Å²) < 4.78 is 3.68. The molecule has 1 N–H and O–H groups in total. The van der Waals surface area contributed by atoms with E-state index in [-0.39, 0.29) is 5.91 Å². The zero-order valence-corrected chi connectivity index (χ0v) is 14.3. The molecule has 0 spiro atoms. The van der Waals surface area contributed by atoms with Gasteiger partial charge in [0.15, 0.2) is 0 Å². The summed E-state index contributed by atoms with van der Waals surface area (Å²) in [4.78, 5) is 12.6. The van der Waals surface area contributed by atoms with E-state index in [0.717, 1.165) is 42.9 Å². The third-order valence-corrected chi connectivity index (χ3v) is 4.34. The second-order valence-corrected chi connectivity index (χ2v) is 6.88. The van der Waals surface area contributed by atoms with Gasteiger partial charge in [0.25, 0.3) is 5.91 Å². The van der Waals surface area contributed by atoms with Gasteiger partial charge < -0.3 is 5.32 Å². The van der Waals surface area contributed by atoms with Crippen LogP contribution in [0.3, 0.4) is 0 Å². The van der Waals surface area contributed by atoms with Crippen LogP contribution in [0.15, 0.2) is 12.4 Å². The first kappa shape index (κ1) is 15.8. The summed E-state index contributed by atoms with van der Waals surface area (Å²) in [6, 6.07) is 0. The molecule has 0 aromatic carbocycles. The highest BCUT2D eigenvalue weighted by Crippen LogP contribution is 2.40. The van der Waals surface area contributed by atoms with Crippen molar-refractivity contribution >= 4 is 11.6 Å². The normalized spacial score (nSPS) is 14.5. The van der Waals surface area contributed by atoms with Crippen molar-refractivity contribution in [3.63, 3.8) is 0 Å². The van der Waals surface area contributed by atoms with Crippen LogP contribution in [0.2, 0.25) is 0 Å². The van der Waals surface area contributed by atoms with Gasteiger partial charge in [0.1, 0.15) is 0 Å². The molecule has 6 heteroatoms. The van der Waals surface area contributed by atoms with E-state index >= 15 is 0 Å². The number of hydrogen-bond acceptors (Lipinski definition) is 3. The number of aryl methyl sites for hydroxylation is 2. The second kappa shape index (κ2) is 6.18. The van der Waals surface area contributed by atoms with Gasteiger partial charge in [-0.15, -0.1) is 0 Å². The molecule has 3 rings (SSSR count).